The van der Waals surface area contributed by atoms with Gasteiger partial charge >= 0.3 is 6.09 Å². The summed E-state index contributed by atoms with van der Waals surface area (Å²) < 4.78 is 10.7. The van der Waals surface area contributed by atoms with Crippen LogP contribution in [0.15, 0.2) is 53.5 Å². The zero-order valence-electron chi connectivity index (χ0n) is 20.9. The molecule has 2 heterocycles. The highest BCUT2D eigenvalue weighted by Crippen LogP contribution is 2.26. The quantitative estimate of drug-likeness (QED) is 0.213. The summed E-state index contributed by atoms with van der Waals surface area (Å²) in [6.45, 7) is 2.89. The van der Waals surface area contributed by atoms with Crippen molar-refractivity contribution in [3.05, 3.63) is 49.1 Å². The van der Waals surface area contributed by atoms with Gasteiger partial charge < -0.3 is 14.5 Å². The molecule has 188 valence electrons. The van der Waals surface area contributed by atoms with Gasteiger partial charge in [0.25, 0.3) is 0 Å². The predicted octanol–water partition coefficient (Wildman–Crippen LogP) is 7.59. The maximum Gasteiger partial charge on any atom is 0.412 e. The van der Waals surface area contributed by atoms with Gasteiger partial charge in [-0.3, -0.25) is 4.98 Å². The van der Waals surface area contributed by atoms with E-state index in [1.807, 2.05) is 24.3 Å². The fourth-order valence-corrected chi connectivity index (χ4v) is 4.05. The molecule has 35 heavy (non-hydrogen) atoms. The highest BCUT2D eigenvalue weighted by atomic mass is 16.6. The van der Waals surface area contributed by atoms with E-state index in [9.17, 15) is 4.79 Å². The third-order valence-electron chi connectivity index (χ3n) is 6.02. The van der Waals surface area contributed by atoms with Crippen LogP contribution in [0.2, 0.25) is 0 Å². The van der Waals surface area contributed by atoms with Gasteiger partial charge in [0.15, 0.2) is 0 Å². The monoisotopic (exact) mass is 478 g/mol. The van der Waals surface area contributed by atoms with Crippen LogP contribution in [0.1, 0.15) is 84.0 Å². The Balaban J connectivity index is 1.30. The molecular formula is C28H38N4O3. The van der Waals surface area contributed by atoms with E-state index >= 15 is 0 Å². The molecule has 0 saturated heterocycles. The lowest BCUT2D eigenvalue weighted by atomic mass is 10.1. The smallest absolute Gasteiger partial charge is 0.412 e. The Kier molecular flexibility index (Phi) is 11.8. The molecule has 0 aliphatic rings. The lowest BCUT2D eigenvalue weighted by molar-refractivity contribution is 0.200. The first-order valence-electron chi connectivity index (χ1n) is 13.0. The van der Waals surface area contributed by atoms with Crippen molar-refractivity contribution in [2.24, 2.45) is 0 Å². The molecule has 0 aliphatic heterocycles. The number of unbranched alkanes of at least 4 members (excludes halogenated alkanes) is 11. The van der Waals surface area contributed by atoms with Crippen LogP contribution < -0.4 is 10.1 Å². The van der Waals surface area contributed by atoms with Crippen molar-refractivity contribution in [3.8, 4) is 28.3 Å². The molecule has 0 aliphatic carbocycles. The van der Waals surface area contributed by atoms with Crippen LogP contribution in [-0.2, 0) is 0 Å². The van der Waals surface area contributed by atoms with Gasteiger partial charge in [-0.25, -0.2) is 4.79 Å². The second-order valence-corrected chi connectivity index (χ2v) is 8.94. The fourth-order valence-electron chi connectivity index (χ4n) is 4.05. The Labute approximate surface area is 208 Å². The van der Waals surface area contributed by atoms with E-state index in [1.54, 1.807) is 18.5 Å². The molecule has 3 aromatic rings. The summed E-state index contributed by atoms with van der Waals surface area (Å²) in [7, 11) is 0. The van der Waals surface area contributed by atoms with Gasteiger partial charge in [-0.2, -0.15) is 0 Å². The molecule has 1 N–H and O–H groups in total. The van der Waals surface area contributed by atoms with Crippen LogP contribution in [0, 0.1) is 0 Å². The van der Waals surface area contributed by atoms with E-state index in [0.717, 1.165) is 29.5 Å². The zero-order chi connectivity index (χ0) is 24.6. The Morgan fingerprint density at radius 2 is 1.54 bits per heavy atom. The van der Waals surface area contributed by atoms with Crippen LogP contribution in [0.4, 0.5) is 4.79 Å². The molecule has 2 aromatic heterocycles. The molecule has 0 bridgehead atoms. The largest absolute Gasteiger partial charge is 0.423 e. The maximum atomic E-state index is 12.2. The zero-order valence-corrected chi connectivity index (χ0v) is 20.9. The lowest BCUT2D eigenvalue weighted by Gasteiger charge is -2.09. The topological polar surface area (TPSA) is 90.1 Å². The van der Waals surface area contributed by atoms with Crippen molar-refractivity contribution in [1.29, 1.82) is 0 Å². The summed E-state index contributed by atoms with van der Waals surface area (Å²) in [5.74, 6) is 0.891. The number of nitrogens with one attached hydrogen (secondary N) is 1. The summed E-state index contributed by atoms with van der Waals surface area (Å²) in [5.41, 5.74) is 2.47. The van der Waals surface area contributed by atoms with E-state index in [-0.39, 0.29) is 0 Å². The fraction of sp³-hybridized carbons (Fsp3) is 0.500. The number of hydrogen-bond acceptors (Lipinski definition) is 6. The molecular weight excluding hydrogens is 440 g/mol. The van der Waals surface area contributed by atoms with Gasteiger partial charge in [-0.15, -0.1) is 10.2 Å². The van der Waals surface area contributed by atoms with Crippen LogP contribution in [-0.4, -0.2) is 27.8 Å². The van der Waals surface area contributed by atoms with Crippen molar-refractivity contribution in [2.75, 3.05) is 6.54 Å². The number of carbonyl (C=O) groups excluding carboxylic acids is 1. The Hall–Kier alpha value is -3.22. The van der Waals surface area contributed by atoms with Crippen molar-refractivity contribution >= 4 is 6.09 Å². The van der Waals surface area contributed by atoms with Crippen LogP contribution in [0.5, 0.6) is 5.75 Å². The van der Waals surface area contributed by atoms with E-state index in [1.165, 1.54) is 70.6 Å². The predicted molar refractivity (Wildman–Crippen MR) is 138 cm³/mol. The molecule has 0 radical (unpaired) electrons. The minimum absolute atomic E-state index is 0.406. The van der Waals surface area contributed by atoms with Crippen molar-refractivity contribution in [3.63, 3.8) is 0 Å². The summed E-state index contributed by atoms with van der Waals surface area (Å²) in [4.78, 5) is 16.5. The maximum absolute atomic E-state index is 12.2. The Morgan fingerprint density at radius 3 is 2.23 bits per heavy atom. The third kappa shape index (κ3) is 9.89. The number of nitrogens with zero attached hydrogens (tertiary/aromatic N) is 3. The van der Waals surface area contributed by atoms with Crippen molar-refractivity contribution in [2.45, 2.75) is 84.0 Å². The van der Waals surface area contributed by atoms with E-state index in [2.05, 4.69) is 27.4 Å². The second-order valence-electron chi connectivity index (χ2n) is 8.94. The second kappa shape index (κ2) is 15.6. The van der Waals surface area contributed by atoms with E-state index in [4.69, 9.17) is 9.15 Å². The number of aromatic nitrogens is 3. The first kappa shape index (κ1) is 26.4. The third-order valence-corrected chi connectivity index (χ3v) is 6.02. The van der Waals surface area contributed by atoms with Gasteiger partial charge in [0.05, 0.1) is 5.56 Å². The number of benzene rings is 1. The number of amides is 1. The summed E-state index contributed by atoms with van der Waals surface area (Å²) >= 11 is 0. The van der Waals surface area contributed by atoms with Crippen molar-refractivity contribution < 1.29 is 13.9 Å². The minimum Gasteiger partial charge on any atom is -0.423 e. The van der Waals surface area contributed by atoms with Gasteiger partial charge in [-0.1, -0.05) is 89.7 Å². The highest BCUT2D eigenvalue weighted by molar-refractivity contribution is 5.73. The summed E-state index contributed by atoms with van der Waals surface area (Å²) in [6.07, 6.45) is 19.8. The average molecular weight is 479 g/mol. The van der Waals surface area contributed by atoms with E-state index < -0.39 is 6.09 Å². The molecule has 1 aromatic carbocycles. The SMILES string of the molecule is CCCCCCCCCCCCCCNC(=O)Oc1cccc(-c2cncc(-c3nnco3)c2)c1. The molecule has 1 amide bonds. The van der Waals surface area contributed by atoms with Crippen LogP contribution in [0.3, 0.4) is 0 Å². The first-order chi connectivity index (χ1) is 17.3. The number of ether oxygens (including phenoxy) is 1. The van der Waals surface area contributed by atoms with Crippen molar-refractivity contribution in [1.82, 2.24) is 20.5 Å². The molecule has 0 spiro atoms. The van der Waals surface area contributed by atoms with Gasteiger partial charge in [0.1, 0.15) is 5.75 Å². The average Bonchev–Trinajstić information content (AvgIpc) is 3.42. The van der Waals surface area contributed by atoms with Crippen LogP contribution in [0.25, 0.3) is 22.6 Å². The number of rotatable bonds is 16. The molecule has 0 fully saturated rings. The van der Waals surface area contributed by atoms with Crippen LogP contribution >= 0.6 is 0 Å². The molecule has 3 rings (SSSR count). The normalized spacial score (nSPS) is 10.9. The molecule has 0 saturated carbocycles. The van der Waals surface area contributed by atoms with Gasteiger partial charge in [-0.05, 0) is 30.2 Å². The first-order valence-corrected chi connectivity index (χ1v) is 13.0. The van der Waals surface area contributed by atoms with E-state index in [0.29, 0.717) is 18.2 Å². The molecule has 0 unspecified atom stereocenters. The Morgan fingerprint density at radius 1 is 0.857 bits per heavy atom. The molecule has 7 nitrogen and oxygen atoms in total. The lowest BCUT2D eigenvalue weighted by Crippen LogP contribution is -2.27. The Bertz CT molecular complexity index is 991. The standard InChI is InChI=1S/C28H38N4O3/c1-2-3-4-5-6-7-8-9-10-11-12-13-17-30-28(33)35-26-16-14-15-23(19-26)24-18-25(21-29-20-24)27-32-31-22-34-27/h14-16,18-22H,2-13,17H2,1H3,(H,30,33). The number of carbonyl (C=O) groups is 1. The molecule has 7 heteroatoms. The summed E-state index contributed by atoms with van der Waals surface area (Å²) in [6, 6.07) is 9.28. The van der Waals surface area contributed by atoms with Gasteiger partial charge in [0, 0.05) is 24.5 Å². The number of pyridine rings is 1. The molecule has 0 atom stereocenters. The number of hydrogen-bond donors (Lipinski definition) is 1. The minimum atomic E-state index is -0.428. The highest BCUT2D eigenvalue weighted by Gasteiger charge is 2.09. The van der Waals surface area contributed by atoms with Gasteiger partial charge in [0.2, 0.25) is 12.3 Å². The summed E-state index contributed by atoms with van der Waals surface area (Å²) in [5, 5.41) is 10.5.